The fourth-order valence-electron chi connectivity index (χ4n) is 1.73. The molecule has 0 amide bonds. The van der Waals surface area contributed by atoms with Crippen LogP contribution in [-0.4, -0.2) is 15.7 Å². The Labute approximate surface area is 92.5 Å². The van der Waals surface area contributed by atoms with Gasteiger partial charge in [-0.3, -0.25) is 4.98 Å². The topological polar surface area (TPSA) is 33.1 Å². The van der Waals surface area contributed by atoms with Crippen molar-refractivity contribution in [1.29, 1.82) is 0 Å². The normalized spacial score (nSPS) is 20.5. The van der Waals surface area contributed by atoms with Crippen LogP contribution in [-0.2, 0) is 6.42 Å². The minimum Gasteiger partial charge on any atom is -0.389 e. The third-order valence-electron chi connectivity index (χ3n) is 2.78. The fraction of sp³-hybridized carbons (Fsp3) is 0.545. The summed E-state index contributed by atoms with van der Waals surface area (Å²) in [5.74, 6) is 0.480. The van der Waals surface area contributed by atoms with Crippen molar-refractivity contribution in [3.05, 3.63) is 28.5 Å². The first-order valence-electron chi connectivity index (χ1n) is 4.91. The maximum Gasteiger partial charge on any atom is 0.0703 e. The number of hydrogen-bond acceptors (Lipinski definition) is 2. The highest BCUT2D eigenvalue weighted by Crippen LogP contribution is 2.40. The van der Waals surface area contributed by atoms with Gasteiger partial charge in [-0.15, -0.1) is 0 Å². The van der Waals surface area contributed by atoms with Gasteiger partial charge in [-0.2, -0.15) is 0 Å². The molecule has 1 aliphatic rings. The van der Waals surface area contributed by atoms with E-state index in [9.17, 15) is 5.11 Å². The second-order valence-corrected chi connectivity index (χ2v) is 5.19. The standard InChI is InChI=1S/C11H14BrNO/c1-11(14,8-2-3-8)6-10-5-4-9(12)7-13-10/h4-5,7-8,14H,2-3,6H2,1H3. The number of pyridine rings is 1. The highest BCUT2D eigenvalue weighted by Gasteiger charge is 2.39. The minimum absolute atomic E-state index is 0.480. The van der Waals surface area contributed by atoms with Crippen molar-refractivity contribution in [2.45, 2.75) is 31.8 Å². The lowest BCUT2D eigenvalue weighted by Gasteiger charge is -2.22. The van der Waals surface area contributed by atoms with Gasteiger partial charge < -0.3 is 5.11 Å². The van der Waals surface area contributed by atoms with Crippen LogP contribution in [0.15, 0.2) is 22.8 Å². The first-order valence-corrected chi connectivity index (χ1v) is 5.70. The van der Waals surface area contributed by atoms with Crippen LogP contribution in [0.1, 0.15) is 25.5 Å². The average molecular weight is 256 g/mol. The second kappa shape index (κ2) is 3.63. The Morgan fingerprint density at radius 2 is 2.29 bits per heavy atom. The van der Waals surface area contributed by atoms with Gasteiger partial charge in [-0.1, -0.05) is 0 Å². The molecule has 2 rings (SSSR count). The number of halogens is 1. The molecule has 1 aromatic rings. The number of rotatable bonds is 3. The van der Waals surface area contributed by atoms with Gasteiger partial charge in [0.25, 0.3) is 0 Å². The molecule has 1 aromatic heterocycles. The Morgan fingerprint density at radius 3 is 2.79 bits per heavy atom. The van der Waals surface area contributed by atoms with E-state index in [4.69, 9.17) is 0 Å². The molecule has 1 aliphatic carbocycles. The molecule has 14 heavy (non-hydrogen) atoms. The van der Waals surface area contributed by atoms with Crippen molar-refractivity contribution in [2.24, 2.45) is 5.92 Å². The summed E-state index contributed by atoms with van der Waals surface area (Å²) < 4.78 is 0.979. The van der Waals surface area contributed by atoms with E-state index in [1.165, 1.54) is 0 Å². The predicted molar refractivity (Wildman–Crippen MR) is 59.0 cm³/mol. The van der Waals surface area contributed by atoms with Crippen molar-refractivity contribution in [2.75, 3.05) is 0 Å². The molecular formula is C11H14BrNO. The van der Waals surface area contributed by atoms with E-state index >= 15 is 0 Å². The van der Waals surface area contributed by atoms with Crippen LogP contribution in [0, 0.1) is 5.92 Å². The third-order valence-corrected chi connectivity index (χ3v) is 3.25. The molecule has 2 nitrogen and oxygen atoms in total. The van der Waals surface area contributed by atoms with Crippen molar-refractivity contribution in [1.82, 2.24) is 4.98 Å². The molecule has 1 fully saturated rings. The summed E-state index contributed by atoms with van der Waals surface area (Å²) in [5, 5.41) is 10.1. The van der Waals surface area contributed by atoms with Crippen LogP contribution in [0.4, 0.5) is 0 Å². The van der Waals surface area contributed by atoms with Gasteiger partial charge in [0.05, 0.1) is 5.60 Å². The Kier molecular flexibility index (Phi) is 2.62. The van der Waals surface area contributed by atoms with E-state index in [0.29, 0.717) is 12.3 Å². The molecular weight excluding hydrogens is 242 g/mol. The lowest BCUT2D eigenvalue weighted by molar-refractivity contribution is 0.0362. The Balaban J connectivity index is 2.06. The van der Waals surface area contributed by atoms with Gasteiger partial charge in [0.2, 0.25) is 0 Å². The highest BCUT2D eigenvalue weighted by molar-refractivity contribution is 9.10. The van der Waals surface area contributed by atoms with E-state index < -0.39 is 5.60 Å². The molecule has 76 valence electrons. The SMILES string of the molecule is CC(O)(Cc1ccc(Br)cn1)C1CC1. The largest absolute Gasteiger partial charge is 0.389 e. The fourth-order valence-corrected chi connectivity index (χ4v) is 1.96. The summed E-state index contributed by atoms with van der Waals surface area (Å²) in [6.07, 6.45) is 4.75. The average Bonchev–Trinajstić information content (AvgIpc) is 2.91. The van der Waals surface area contributed by atoms with Crippen molar-refractivity contribution < 1.29 is 5.11 Å². The van der Waals surface area contributed by atoms with Crippen LogP contribution in [0.3, 0.4) is 0 Å². The number of hydrogen-bond donors (Lipinski definition) is 1. The van der Waals surface area contributed by atoms with Gasteiger partial charge in [-0.25, -0.2) is 0 Å². The van der Waals surface area contributed by atoms with E-state index in [1.807, 2.05) is 19.1 Å². The predicted octanol–water partition coefficient (Wildman–Crippen LogP) is 2.55. The first kappa shape index (κ1) is 10.1. The summed E-state index contributed by atoms with van der Waals surface area (Å²) in [6.45, 7) is 1.91. The van der Waals surface area contributed by atoms with Gasteiger partial charge in [0.1, 0.15) is 0 Å². The summed E-state index contributed by atoms with van der Waals surface area (Å²) in [6, 6.07) is 3.92. The Morgan fingerprint density at radius 1 is 1.57 bits per heavy atom. The van der Waals surface area contributed by atoms with Crippen LogP contribution < -0.4 is 0 Å². The van der Waals surface area contributed by atoms with E-state index in [1.54, 1.807) is 6.20 Å². The van der Waals surface area contributed by atoms with E-state index in [0.717, 1.165) is 23.0 Å². The smallest absolute Gasteiger partial charge is 0.0703 e. The molecule has 0 saturated heterocycles. The number of aliphatic hydroxyl groups is 1. The molecule has 1 atom stereocenters. The highest BCUT2D eigenvalue weighted by atomic mass is 79.9. The summed E-state index contributed by atoms with van der Waals surface area (Å²) in [7, 11) is 0. The zero-order chi connectivity index (χ0) is 10.2. The van der Waals surface area contributed by atoms with Gasteiger partial charge >= 0.3 is 0 Å². The molecule has 1 heterocycles. The van der Waals surface area contributed by atoms with Crippen molar-refractivity contribution in [3.8, 4) is 0 Å². The quantitative estimate of drug-likeness (QED) is 0.901. The zero-order valence-electron chi connectivity index (χ0n) is 8.20. The Bertz CT molecular complexity index is 317. The molecule has 0 bridgehead atoms. The van der Waals surface area contributed by atoms with Crippen LogP contribution >= 0.6 is 15.9 Å². The minimum atomic E-state index is -0.569. The molecule has 0 spiro atoms. The maximum absolute atomic E-state index is 10.1. The van der Waals surface area contributed by atoms with Crippen LogP contribution in [0.25, 0.3) is 0 Å². The monoisotopic (exact) mass is 255 g/mol. The maximum atomic E-state index is 10.1. The summed E-state index contributed by atoms with van der Waals surface area (Å²) >= 11 is 3.34. The molecule has 0 radical (unpaired) electrons. The molecule has 1 unspecified atom stereocenters. The molecule has 0 aliphatic heterocycles. The molecule has 1 saturated carbocycles. The summed E-state index contributed by atoms with van der Waals surface area (Å²) in [4.78, 5) is 4.27. The van der Waals surface area contributed by atoms with Crippen LogP contribution in [0.5, 0.6) is 0 Å². The molecule has 0 aromatic carbocycles. The number of aromatic nitrogens is 1. The van der Waals surface area contributed by atoms with Crippen LogP contribution in [0.2, 0.25) is 0 Å². The third kappa shape index (κ3) is 2.34. The van der Waals surface area contributed by atoms with Gasteiger partial charge in [0, 0.05) is 22.8 Å². The number of nitrogens with zero attached hydrogens (tertiary/aromatic N) is 1. The zero-order valence-corrected chi connectivity index (χ0v) is 9.79. The second-order valence-electron chi connectivity index (χ2n) is 4.28. The lowest BCUT2D eigenvalue weighted by Crippen LogP contribution is -2.30. The lowest BCUT2D eigenvalue weighted by atomic mass is 9.94. The van der Waals surface area contributed by atoms with Crippen molar-refractivity contribution >= 4 is 15.9 Å². The van der Waals surface area contributed by atoms with E-state index in [2.05, 4.69) is 20.9 Å². The molecule has 3 heteroatoms. The molecule has 1 N–H and O–H groups in total. The van der Waals surface area contributed by atoms with E-state index in [-0.39, 0.29) is 0 Å². The summed E-state index contributed by atoms with van der Waals surface area (Å²) in [5.41, 5.74) is 0.394. The van der Waals surface area contributed by atoms with Crippen molar-refractivity contribution in [3.63, 3.8) is 0 Å². The van der Waals surface area contributed by atoms with Gasteiger partial charge in [0.15, 0.2) is 0 Å². The van der Waals surface area contributed by atoms with Gasteiger partial charge in [-0.05, 0) is 53.7 Å². The first-order chi connectivity index (χ1) is 6.58. The Hall–Kier alpha value is -0.410.